The molecule has 2 N–H and O–H groups in total. The number of carbonyl (C=O) groups excluding carboxylic acids is 1. The first-order valence-corrected chi connectivity index (χ1v) is 3.99. The van der Waals surface area contributed by atoms with E-state index in [1.54, 1.807) is 13.8 Å². The lowest BCUT2D eigenvalue weighted by molar-refractivity contribution is -0.385. The van der Waals surface area contributed by atoms with E-state index in [1.165, 1.54) is 12.1 Å². The summed E-state index contributed by atoms with van der Waals surface area (Å²) in [4.78, 5) is 20.9. The highest BCUT2D eigenvalue weighted by atomic mass is 16.6. The monoisotopic (exact) mass is 194 g/mol. The zero-order valence-corrected chi connectivity index (χ0v) is 7.90. The van der Waals surface area contributed by atoms with E-state index in [1.807, 2.05) is 0 Å². The van der Waals surface area contributed by atoms with Crippen LogP contribution in [0.25, 0.3) is 0 Å². The third kappa shape index (κ3) is 1.71. The molecule has 1 amide bonds. The molecule has 74 valence electrons. The van der Waals surface area contributed by atoms with Gasteiger partial charge < -0.3 is 5.73 Å². The maximum atomic E-state index is 10.9. The van der Waals surface area contributed by atoms with Crippen molar-refractivity contribution >= 4 is 11.6 Å². The van der Waals surface area contributed by atoms with Crippen LogP contribution in [0.4, 0.5) is 5.69 Å². The predicted molar refractivity (Wildman–Crippen MR) is 51.1 cm³/mol. The van der Waals surface area contributed by atoms with Gasteiger partial charge >= 0.3 is 0 Å². The number of hydrogen-bond acceptors (Lipinski definition) is 3. The number of primary amides is 1. The van der Waals surface area contributed by atoms with Crippen LogP contribution in [0, 0.1) is 24.0 Å². The lowest BCUT2D eigenvalue weighted by atomic mass is 10.0. The molecule has 0 aliphatic rings. The third-order valence-electron chi connectivity index (χ3n) is 2.07. The van der Waals surface area contributed by atoms with Crippen molar-refractivity contribution in [1.82, 2.24) is 0 Å². The summed E-state index contributed by atoms with van der Waals surface area (Å²) in [5.74, 6) is -0.778. The first kappa shape index (κ1) is 10.2. The molecular weight excluding hydrogens is 184 g/mol. The third-order valence-corrected chi connectivity index (χ3v) is 2.07. The van der Waals surface area contributed by atoms with Gasteiger partial charge in [0.05, 0.1) is 4.92 Å². The van der Waals surface area contributed by atoms with Crippen molar-refractivity contribution in [2.24, 2.45) is 5.73 Å². The zero-order valence-electron chi connectivity index (χ0n) is 7.90. The molecule has 1 aromatic carbocycles. The lowest BCUT2D eigenvalue weighted by Gasteiger charge is -2.03. The number of nitro benzene ring substituents is 1. The molecule has 0 spiro atoms. The summed E-state index contributed by atoms with van der Waals surface area (Å²) in [6.07, 6.45) is 0. The Morgan fingerprint density at radius 1 is 1.36 bits per heavy atom. The Kier molecular flexibility index (Phi) is 2.51. The number of nitrogens with zero attached hydrogens (tertiary/aromatic N) is 1. The summed E-state index contributed by atoms with van der Waals surface area (Å²) >= 11 is 0. The maximum absolute atomic E-state index is 10.9. The lowest BCUT2D eigenvalue weighted by Crippen LogP contribution is -2.14. The van der Waals surface area contributed by atoms with E-state index >= 15 is 0 Å². The van der Waals surface area contributed by atoms with Crippen LogP contribution in [0.3, 0.4) is 0 Å². The van der Waals surface area contributed by atoms with Crippen molar-refractivity contribution in [3.63, 3.8) is 0 Å². The first-order valence-electron chi connectivity index (χ1n) is 3.99. The molecule has 0 aromatic heterocycles. The van der Waals surface area contributed by atoms with Crippen molar-refractivity contribution < 1.29 is 9.72 Å². The fourth-order valence-corrected chi connectivity index (χ4v) is 1.15. The smallest absolute Gasteiger partial charge is 0.282 e. The highest BCUT2D eigenvalue weighted by molar-refractivity contribution is 5.97. The van der Waals surface area contributed by atoms with Gasteiger partial charge in [-0.2, -0.15) is 0 Å². The second kappa shape index (κ2) is 3.45. The largest absolute Gasteiger partial charge is 0.365 e. The van der Waals surface area contributed by atoms with Crippen LogP contribution >= 0.6 is 0 Å². The summed E-state index contributed by atoms with van der Waals surface area (Å²) < 4.78 is 0. The van der Waals surface area contributed by atoms with Gasteiger partial charge in [0, 0.05) is 6.07 Å². The number of nitrogens with two attached hydrogens (primary N) is 1. The van der Waals surface area contributed by atoms with Gasteiger partial charge in [-0.25, -0.2) is 0 Å². The Balaban J connectivity index is 3.46. The van der Waals surface area contributed by atoms with Crippen LogP contribution in [0.1, 0.15) is 21.5 Å². The second-order valence-corrected chi connectivity index (χ2v) is 3.07. The molecule has 5 heteroatoms. The quantitative estimate of drug-likeness (QED) is 0.568. The molecule has 0 unspecified atom stereocenters. The summed E-state index contributed by atoms with van der Waals surface area (Å²) in [7, 11) is 0. The maximum Gasteiger partial charge on any atom is 0.282 e. The standard InChI is InChI=1S/C9H10N2O3/c1-5-3-7(9(10)12)8(11(13)14)4-6(5)2/h3-4H,1-2H3,(H2,10,12). The van der Waals surface area contributed by atoms with Crippen LogP contribution in [0.2, 0.25) is 0 Å². The van der Waals surface area contributed by atoms with Crippen molar-refractivity contribution in [1.29, 1.82) is 0 Å². The summed E-state index contributed by atoms with van der Waals surface area (Å²) in [5.41, 5.74) is 6.32. The van der Waals surface area contributed by atoms with Gasteiger partial charge in [-0.05, 0) is 31.0 Å². The molecule has 0 heterocycles. The molecule has 0 atom stereocenters. The molecule has 0 aliphatic heterocycles. The number of carbonyl (C=O) groups is 1. The predicted octanol–water partition coefficient (Wildman–Crippen LogP) is 1.31. The van der Waals surface area contributed by atoms with Gasteiger partial charge in [-0.15, -0.1) is 0 Å². The summed E-state index contributed by atoms with van der Waals surface area (Å²) in [6, 6.07) is 2.80. The van der Waals surface area contributed by atoms with Crippen molar-refractivity contribution in [2.75, 3.05) is 0 Å². The average Bonchev–Trinajstić information content (AvgIpc) is 2.08. The molecular formula is C9H10N2O3. The first-order chi connectivity index (χ1) is 6.43. The number of aryl methyl sites for hydroxylation is 2. The topological polar surface area (TPSA) is 86.2 Å². The molecule has 1 rings (SSSR count). The molecule has 0 saturated carbocycles. The van der Waals surface area contributed by atoms with Crippen LogP contribution in [0.5, 0.6) is 0 Å². The van der Waals surface area contributed by atoms with Crippen molar-refractivity contribution in [3.8, 4) is 0 Å². The van der Waals surface area contributed by atoms with Crippen molar-refractivity contribution in [3.05, 3.63) is 38.9 Å². The van der Waals surface area contributed by atoms with E-state index in [0.717, 1.165) is 11.1 Å². The molecule has 0 fully saturated rings. The zero-order chi connectivity index (χ0) is 10.9. The Morgan fingerprint density at radius 2 is 1.86 bits per heavy atom. The minimum absolute atomic E-state index is 0.0434. The van der Waals surface area contributed by atoms with Crippen LogP contribution in [-0.4, -0.2) is 10.8 Å². The number of benzene rings is 1. The van der Waals surface area contributed by atoms with E-state index < -0.39 is 10.8 Å². The van der Waals surface area contributed by atoms with Gasteiger partial charge in [0.2, 0.25) is 0 Å². The molecule has 1 aromatic rings. The molecule has 0 aliphatic carbocycles. The minimum Gasteiger partial charge on any atom is -0.365 e. The van der Waals surface area contributed by atoms with E-state index in [-0.39, 0.29) is 11.3 Å². The van der Waals surface area contributed by atoms with Crippen LogP contribution in [0.15, 0.2) is 12.1 Å². The SMILES string of the molecule is Cc1cc(C(N)=O)c([N+](=O)[O-])cc1C. The highest BCUT2D eigenvalue weighted by Gasteiger charge is 2.18. The van der Waals surface area contributed by atoms with Crippen LogP contribution < -0.4 is 5.73 Å². The van der Waals surface area contributed by atoms with Gasteiger partial charge in [0.25, 0.3) is 11.6 Å². The van der Waals surface area contributed by atoms with E-state index in [2.05, 4.69) is 0 Å². The van der Waals surface area contributed by atoms with E-state index in [4.69, 9.17) is 5.73 Å². The molecule has 0 bridgehead atoms. The molecule has 14 heavy (non-hydrogen) atoms. The number of amides is 1. The fraction of sp³-hybridized carbons (Fsp3) is 0.222. The fourth-order valence-electron chi connectivity index (χ4n) is 1.15. The number of rotatable bonds is 2. The minimum atomic E-state index is -0.778. The van der Waals surface area contributed by atoms with Crippen LogP contribution in [-0.2, 0) is 0 Å². The molecule has 0 radical (unpaired) electrons. The molecule has 0 saturated heterocycles. The Labute approximate surface area is 80.7 Å². The van der Waals surface area contributed by atoms with Gasteiger partial charge in [-0.3, -0.25) is 14.9 Å². The molecule has 5 nitrogen and oxygen atoms in total. The van der Waals surface area contributed by atoms with E-state index in [0.29, 0.717) is 0 Å². The Bertz CT molecular complexity index is 374. The average molecular weight is 194 g/mol. The Morgan fingerprint density at radius 3 is 2.29 bits per heavy atom. The number of hydrogen-bond donors (Lipinski definition) is 1. The normalized spacial score (nSPS) is 9.86. The van der Waals surface area contributed by atoms with E-state index in [9.17, 15) is 14.9 Å². The van der Waals surface area contributed by atoms with Gasteiger partial charge in [-0.1, -0.05) is 0 Å². The van der Waals surface area contributed by atoms with Gasteiger partial charge in [0.15, 0.2) is 0 Å². The highest BCUT2D eigenvalue weighted by Crippen LogP contribution is 2.22. The summed E-state index contributed by atoms with van der Waals surface area (Å²) in [6.45, 7) is 3.51. The second-order valence-electron chi connectivity index (χ2n) is 3.07. The number of nitro groups is 1. The Hall–Kier alpha value is -1.91. The van der Waals surface area contributed by atoms with Crippen molar-refractivity contribution in [2.45, 2.75) is 13.8 Å². The summed E-state index contributed by atoms with van der Waals surface area (Å²) in [5, 5.41) is 10.6. The van der Waals surface area contributed by atoms with Gasteiger partial charge in [0.1, 0.15) is 5.56 Å².